The number of aliphatic carboxylic acids is 1. The molecule has 1 saturated carbocycles. The molecular weight excluding hydrogens is 270 g/mol. The minimum absolute atomic E-state index is 0.00339. The maximum atomic E-state index is 12.6. The van der Waals surface area contributed by atoms with E-state index in [2.05, 4.69) is 0 Å². The van der Waals surface area contributed by atoms with E-state index in [-0.39, 0.29) is 12.3 Å². The molecule has 1 aromatic rings. The summed E-state index contributed by atoms with van der Waals surface area (Å²) in [6, 6.07) is 3.47. The summed E-state index contributed by atoms with van der Waals surface area (Å²) in [5.74, 6) is -0.0181. The number of carboxylic acids is 1. The highest BCUT2D eigenvalue weighted by atomic mass is 16.4. The van der Waals surface area contributed by atoms with Crippen LogP contribution in [0.3, 0.4) is 0 Å². The van der Waals surface area contributed by atoms with E-state index in [0.717, 1.165) is 44.3 Å². The zero-order valence-corrected chi connectivity index (χ0v) is 12.7. The maximum absolute atomic E-state index is 12.6. The second kappa shape index (κ2) is 6.33. The Morgan fingerprint density at radius 1 is 1.29 bits per heavy atom. The van der Waals surface area contributed by atoms with E-state index in [0.29, 0.717) is 5.76 Å². The first-order valence-electron chi connectivity index (χ1n) is 7.57. The maximum Gasteiger partial charge on any atom is 0.305 e. The van der Waals surface area contributed by atoms with Crippen LogP contribution in [0.4, 0.5) is 0 Å². The summed E-state index contributed by atoms with van der Waals surface area (Å²) in [5, 5.41) is 9.21. The molecule has 5 heteroatoms. The molecule has 21 heavy (non-hydrogen) atoms. The molecule has 1 aliphatic carbocycles. The van der Waals surface area contributed by atoms with Gasteiger partial charge in [-0.2, -0.15) is 0 Å². The normalized spacial score (nSPS) is 17.4. The Kier molecular flexibility index (Phi) is 4.70. The van der Waals surface area contributed by atoms with Crippen LogP contribution in [0, 0.1) is 0 Å². The Hall–Kier alpha value is -1.78. The number of carboxylic acid groups (broad SMARTS) is 1. The van der Waals surface area contributed by atoms with Crippen molar-refractivity contribution in [2.24, 2.45) is 0 Å². The molecule has 0 aromatic carbocycles. The molecule has 0 spiro atoms. The number of furan rings is 1. The lowest BCUT2D eigenvalue weighted by molar-refractivity contribution is -0.140. The zero-order chi connectivity index (χ0) is 15.5. The number of amides is 1. The van der Waals surface area contributed by atoms with Gasteiger partial charge in [0, 0.05) is 13.5 Å². The van der Waals surface area contributed by atoms with Gasteiger partial charge in [-0.1, -0.05) is 26.2 Å². The van der Waals surface area contributed by atoms with Crippen LogP contribution in [0.5, 0.6) is 0 Å². The van der Waals surface area contributed by atoms with Crippen molar-refractivity contribution in [2.45, 2.75) is 57.4 Å². The smallest absolute Gasteiger partial charge is 0.305 e. The van der Waals surface area contributed by atoms with Crippen LogP contribution in [0.25, 0.3) is 0 Å². The summed E-state index contributed by atoms with van der Waals surface area (Å²) >= 11 is 0. The molecule has 5 nitrogen and oxygen atoms in total. The fourth-order valence-electron chi connectivity index (χ4n) is 3.19. The Bertz CT molecular complexity index is 514. The minimum Gasteiger partial charge on any atom is -0.481 e. The van der Waals surface area contributed by atoms with Gasteiger partial charge in [0.2, 0.25) is 0 Å². The van der Waals surface area contributed by atoms with Gasteiger partial charge in [0.25, 0.3) is 5.91 Å². The van der Waals surface area contributed by atoms with Gasteiger partial charge in [-0.15, -0.1) is 0 Å². The van der Waals surface area contributed by atoms with E-state index in [1.54, 1.807) is 24.1 Å². The highest BCUT2D eigenvalue weighted by molar-refractivity contribution is 5.92. The lowest BCUT2D eigenvalue weighted by Gasteiger charge is -2.43. The molecule has 0 unspecified atom stereocenters. The van der Waals surface area contributed by atoms with E-state index in [1.807, 2.05) is 6.92 Å². The van der Waals surface area contributed by atoms with Gasteiger partial charge in [-0.3, -0.25) is 9.59 Å². The van der Waals surface area contributed by atoms with Crippen LogP contribution in [0.1, 0.15) is 61.8 Å². The Morgan fingerprint density at radius 2 is 1.95 bits per heavy atom. The standard InChI is InChI=1S/C16H23NO4/c1-3-12-7-8-13(21-12)15(20)17(2)16(11-14(18)19)9-5-4-6-10-16/h7-8H,3-6,9-11H2,1-2H3,(H,18,19). The molecule has 1 fully saturated rings. The minimum atomic E-state index is -0.856. The van der Waals surface area contributed by atoms with Crippen molar-refractivity contribution in [3.05, 3.63) is 23.7 Å². The second-order valence-corrected chi connectivity index (χ2v) is 5.84. The average molecular weight is 293 g/mol. The van der Waals surface area contributed by atoms with Gasteiger partial charge < -0.3 is 14.4 Å². The summed E-state index contributed by atoms with van der Waals surface area (Å²) in [6.07, 6.45) is 5.23. The van der Waals surface area contributed by atoms with E-state index in [1.165, 1.54) is 0 Å². The third-order valence-corrected chi connectivity index (χ3v) is 4.50. The molecular formula is C16H23NO4. The van der Waals surface area contributed by atoms with Crippen LogP contribution in [-0.4, -0.2) is 34.5 Å². The number of hydrogen-bond acceptors (Lipinski definition) is 3. The molecule has 1 aromatic heterocycles. The lowest BCUT2D eigenvalue weighted by atomic mass is 9.78. The highest BCUT2D eigenvalue weighted by Gasteiger charge is 2.41. The van der Waals surface area contributed by atoms with E-state index < -0.39 is 11.5 Å². The number of carbonyl (C=O) groups excluding carboxylic acids is 1. The fourth-order valence-corrected chi connectivity index (χ4v) is 3.19. The van der Waals surface area contributed by atoms with Gasteiger partial charge in [-0.05, 0) is 25.0 Å². The van der Waals surface area contributed by atoms with Gasteiger partial charge >= 0.3 is 5.97 Å². The van der Waals surface area contributed by atoms with Crippen LogP contribution < -0.4 is 0 Å². The third-order valence-electron chi connectivity index (χ3n) is 4.50. The van der Waals surface area contributed by atoms with E-state index >= 15 is 0 Å². The van der Waals surface area contributed by atoms with Crippen molar-refractivity contribution in [2.75, 3.05) is 7.05 Å². The molecule has 0 atom stereocenters. The van der Waals surface area contributed by atoms with Crippen molar-refractivity contribution >= 4 is 11.9 Å². The van der Waals surface area contributed by atoms with Crippen LogP contribution in [0.2, 0.25) is 0 Å². The number of rotatable bonds is 5. The van der Waals surface area contributed by atoms with E-state index in [9.17, 15) is 14.7 Å². The summed E-state index contributed by atoms with van der Waals surface area (Å²) in [7, 11) is 1.70. The number of nitrogens with zero attached hydrogens (tertiary/aromatic N) is 1. The van der Waals surface area contributed by atoms with Crippen molar-refractivity contribution < 1.29 is 19.1 Å². The molecule has 0 radical (unpaired) electrons. The van der Waals surface area contributed by atoms with Gasteiger partial charge in [0.05, 0.1) is 12.0 Å². The summed E-state index contributed by atoms with van der Waals surface area (Å²) < 4.78 is 5.52. The first-order chi connectivity index (χ1) is 9.98. The highest BCUT2D eigenvalue weighted by Crippen LogP contribution is 2.36. The quantitative estimate of drug-likeness (QED) is 0.905. The predicted molar refractivity (Wildman–Crippen MR) is 78.2 cm³/mol. The van der Waals surface area contributed by atoms with Crippen LogP contribution in [-0.2, 0) is 11.2 Å². The molecule has 1 amide bonds. The lowest BCUT2D eigenvalue weighted by Crippen LogP contribution is -2.52. The van der Waals surface area contributed by atoms with Crippen molar-refractivity contribution in [1.82, 2.24) is 4.90 Å². The number of carbonyl (C=O) groups is 2. The molecule has 0 bridgehead atoms. The molecule has 0 saturated heterocycles. The molecule has 1 aliphatic rings. The average Bonchev–Trinajstić information content (AvgIpc) is 2.95. The predicted octanol–water partition coefficient (Wildman–Crippen LogP) is 3.09. The molecule has 0 aliphatic heterocycles. The number of hydrogen-bond donors (Lipinski definition) is 1. The summed E-state index contributed by atoms with van der Waals surface area (Å²) in [6.45, 7) is 1.96. The first kappa shape index (κ1) is 15.6. The first-order valence-corrected chi connectivity index (χ1v) is 7.57. The van der Waals surface area contributed by atoms with Gasteiger partial charge in [0.15, 0.2) is 5.76 Å². The molecule has 116 valence electrons. The summed E-state index contributed by atoms with van der Waals surface area (Å²) in [4.78, 5) is 25.4. The van der Waals surface area contributed by atoms with Gasteiger partial charge in [0.1, 0.15) is 5.76 Å². The monoisotopic (exact) mass is 293 g/mol. The molecule has 1 N–H and O–H groups in total. The van der Waals surface area contributed by atoms with Crippen molar-refractivity contribution in [3.63, 3.8) is 0 Å². The zero-order valence-electron chi connectivity index (χ0n) is 12.7. The SMILES string of the molecule is CCc1ccc(C(=O)N(C)C2(CC(=O)O)CCCCC2)o1. The van der Waals surface area contributed by atoms with Crippen LogP contribution in [0.15, 0.2) is 16.5 Å². The molecule has 1 heterocycles. The van der Waals surface area contributed by atoms with Gasteiger partial charge in [-0.25, -0.2) is 0 Å². The fraction of sp³-hybridized carbons (Fsp3) is 0.625. The molecule has 2 rings (SSSR count). The number of aryl methyl sites for hydroxylation is 1. The second-order valence-electron chi connectivity index (χ2n) is 5.84. The third kappa shape index (κ3) is 3.28. The topological polar surface area (TPSA) is 70.8 Å². The Balaban J connectivity index is 2.22. The largest absolute Gasteiger partial charge is 0.481 e. The Labute approximate surface area is 124 Å². The van der Waals surface area contributed by atoms with Crippen molar-refractivity contribution in [3.8, 4) is 0 Å². The summed E-state index contributed by atoms with van der Waals surface area (Å²) in [5.41, 5.74) is -0.583. The van der Waals surface area contributed by atoms with Crippen LogP contribution >= 0.6 is 0 Å². The van der Waals surface area contributed by atoms with E-state index in [4.69, 9.17) is 4.42 Å². The Morgan fingerprint density at radius 3 is 2.48 bits per heavy atom. The van der Waals surface area contributed by atoms with Crippen molar-refractivity contribution in [1.29, 1.82) is 0 Å².